The average Bonchev–Trinajstić information content (AvgIpc) is 3.35. The summed E-state index contributed by atoms with van der Waals surface area (Å²) in [5, 5.41) is 8.83. The van der Waals surface area contributed by atoms with E-state index in [0.717, 1.165) is 12.1 Å². The van der Waals surface area contributed by atoms with Crippen LogP contribution < -0.4 is 5.32 Å². The molecule has 5 aromatic rings. The number of hydrogen-bond acceptors (Lipinski definition) is 2. The highest BCUT2D eigenvalue weighted by Gasteiger charge is 2.39. The number of aromatic nitrogens is 2. The van der Waals surface area contributed by atoms with Gasteiger partial charge in [0.1, 0.15) is 5.54 Å². The normalized spacial score (nSPS) is 14.7. The fourth-order valence-corrected chi connectivity index (χ4v) is 6.15. The highest BCUT2D eigenvalue weighted by Crippen LogP contribution is 2.41. The third-order valence-corrected chi connectivity index (χ3v) is 8.24. The molecule has 1 aromatic heterocycles. The maximum Gasteiger partial charge on any atom is 0.138 e. The lowest BCUT2D eigenvalue weighted by Gasteiger charge is -2.36. The molecule has 4 aromatic carbocycles. The maximum atomic E-state index is 5.03. The number of nitrogens with one attached hydrogen (secondary N) is 1. The molecule has 0 atom stereocenters. The van der Waals surface area contributed by atoms with Crippen LogP contribution in [0, 0.1) is 0 Å². The summed E-state index contributed by atoms with van der Waals surface area (Å²) >= 11 is 0. The van der Waals surface area contributed by atoms with Crippen molar-refractivity contribution in [2.45, 2.75) is 56.7 Å². The Morgan fingerprint density at radius 2 is 1.13 bits per heavy atom. The standard InChI is InChI=1S/C36H37N3/c1-2-13-21-35(20-12-1)37-26-29-22-24-30(25-23-29)31-27-38-39(28-31)36(32-14-6-3-7-15-32,33-16-8-4-9-17-33)34-18-10-5-11-19-34/h3-11,14-19,22-25,27-28,35,37H,1-2,12-13,20-21,26H2. The van der Waals surface area contributed by atoms with E-state index in [9.17, 15) is 0 Å². The van der Waals surface area contributed by atoms with Crippen molar-refractivity contribution in [2.24, 2.45) is 0 Å². The van der Waals surface area contributed by atoms with Gasteiger partial charge in [0.25, 0.3) is 0 Å². The van der Waals surface area contributed by atoms with Gasteiger partial charge in [0.2, 0.25) is 0 Å². The van der Waals surface area contributed by atoms with E-state index in [1.165, 1.54) is 66.3 Å². The molecule has 0 spiro atoms. The molecule has 39 heavy (non-hydrogen) atoms. The van der Waals surface area contributed by atoms with E-state index < -0.39 is 5.54 Å². The smallest absolute Gasteiger partial charge is 0.138 e. The van der Waals surface area contributed by atoms with Gasteiger partial charge >= 0.3 is 0 Å². The van der Waals surface area contributed by atoms with Crippen LogP contribution in [0.4, 0.5) is 0 Å². The molecular weight excluding hydrogens is 474 g/mol. The van der Waals surface area contributed by atoms with Crippen LogP contribution in [0.5, 0.6) is 0 Å². The zero-order valence-corrected chi connectivity index (χ0v) is 22.5. The summed E-state index contributed by atoms with van der Waals surface area (Å²) in [6, 6.07) is 41.8. The van der Waals surface area contributed by atoms with Gasteiger partial charge in [0.05, 0.1) is 6.20 Å². The quantitative estimate of drug-likeness (QED) is 0.168. The monoisotopic (exact) mass is 511 g/mol. The van der Waals surface area contributed by atoms with Crippen LogP contribution in [0.2, 0.25) is 0 Å². The SMILES string of the molecule is c1ccc(C(c2ccccc2)(c2ccccc2)n2cc(-c3ccc(CNC4CCCCCC4)cc3)cn2)cc1. The molecule has 196 valence electrons. The zero-order valence-electron chi connectivity index (χ0n) is 22.5. The molecule has 0 bridgehead atoms. The zero-order chi connectivity index (χ0) is 26.3. The van der Waals surface area contributed by atoms with Crippen molar-refractivity contribution >= 4 is 0 Å². The van der Waals surface area contributed by atoms with Crippen molar-refractivity contribution < 1.29 is 0 Å². The molecule has 6 rings (SSSR count). The predicted octanol–water partition coefficient (Wildman–Crippen LogP) is 8.20. The number of rotatable bonds is 8. The fourth-order valence-electron chi connectivity index (χ4n) is 6.15. The summed E-state index contributed by atoms with van der Waals surface area (Å²) in [6.45, 7) is 0.934. The first kappa shape index (κ1) is 25.3. The Labute approximate surface area is 232 Å². The van der Waals surface area contributed by atoms with Crippen molar-refractivity contribution in [1.82, 2.24) is 15.1 Å². The van der Waals surface area contributed by atoms with Gasteiger partial charge in [-0.1, -0.05) is 141 Å². The Morgan fingerprint density at radius 3 is 1.64 bits per heavy atom. The molecule has 3 heteroatoms. The molecule has 1 fully saturated rings. The van der Waals surface area contributed by atoms with Crippen LogP contribution in [0.15, 0.2) is 128 Å². The van der Waals surface area contributed by atoms with Gasteiger partial charge in [-0.05, 0) is 40.7 Å². The van der Waals surface area contributed by atoms with E-state index in [-0.39, 0.29) is 0 Å². The fraction of sp³-hybridized carbons (Fsp3) is 0.250. The van der Waals surface area contributed by atoms with Crippen LogP contribution in [0.25, 0.3) is 11.1 Å². The Bertz CT molecular complexity index is 1340. The highest BCUT2D eigenvalue weighted by atomic mass is 15.3. The first-order valence-corrected chi connectivity index (χ1v) is 14.4. The van der Waals surface area contributed by atoms with Crippen LogP contribution >= 0.6 is 0 Å². The second kappa shape index (κ2) is 11.8. The Kier molecular flexibility index (Phi) is 7.69. The average molecular weight is 512 g/mol. The van der Waals surface area contributed by atoms with E-state index in [4.69, 9.17) is 5.10 Å². The molecule has 0 amide bonds. The minimum Gasteiger partial charge on any atom is -0.310 e. The maximum absolute atomic E-state index is 5.03. The number of benzene rings is 4. The van der Waals surface area contributed by atoms with Crippen molar-refractivity contribution in [1.29, 1.82) is 0 Å². The van der Waals surface area contributed by atoms with Gasteiger partial charge in [-0.15, -0.1) is 0 Å². The molecule has 1 saturated carbocycles. The largest absolute Gasteiger partial charge is 0.310 e. The molecule has 0 saturated heterocycles. The predicted molar refractivity (Wildman–Crippen MR) is 161 cm³/mol. The second-order valence-electron chi connectivity index (χ2n) is 10.7. The minimum atomic E-state index is -0.593. The van der Waals surface area contributed by atoms with E-state index in [2.05, 4.69) is 131 Å². The summed E-state index contributed by atoms with van der Waals surface area (Å²) in [6.07, 6.45) is 12.3. The summed E-state index contributed by atoms with van der Waals surface area (Å²) < 4.78 is 2.14. The third kappa shape index (κ3) is 5.32. The molecule has 0 unspecified atom stereocenters. The van der Waals surface area contributed by atoms with Crippen molar-refractivity contribution in [3.8, 4) is 11.1 Å². The first-order valence-electron chi connectivity index (χ1n) is 14.4. The summed E-state index contributed by atoms with van der Waals surface area (Å²) in [4.78, 5) is 0. The van der Waals surface area contributed by atoms with Gasteiger partial charge in [-0.3, -0.25) is 4.68 Å². The van der Waals surface area contributed by atoms with Gasteiger partial charge in [0.15, 0.2) is 0 Å². The topological polar surface area (TPSA) is 29.9 Å². The molecule has 3 nitrogen and oxygen atoms in total. The van der Waals surface area contributed by atoms with E-state index >= 15 is 0 Å². The molecule has 0 radical (unpaired) electrons. The lowest BCUT2D eigenvalue weighted by Crippen LogP contribution is -2.38. The molecule has 1 aliphatic rings. The third-order valence-electron chi connectivity index (χ3n) is 8.24. The van der Waals surface area contributed by atoms with Gasteiger partial charge in [0, 0.05) is 24.3 Å². The van der Waals surface area contributed by atoms with E-state index in [1.54, 1.807) is 0 Å². The van der Waals surface area contributed by atoms with Gasteiger partial charge in [-0.25, -0.2) is 0 Å². The number of hydrogen-bond donors (Lipinski definition) is 1. The Balaban J connectivity index is 1.34. The molecular formula is C36H37N3. The van der Waals surface area contributed by atoms with Crippen molar-refractivity contribution in [2.75, 3.05) is 0 Å². The number of nitrogens with zero attached hydrogens (tertiary/aromatic N) is 2. The summed E-state index contributed by atoms with van der Waals surface area (Å²) in [5.74, 6) is 0. The van der Waals surface area contributed by atoms with E-state index in [1.807, 2.05) is 6.20 Å². The molecule has 1 N–H and O–H groups in total. The lowest BCUT2D eigenvalue weighted by atomic mass is 9.77. The first-order chi connectivity index (χ1) is 19.3. The lowest BCUT2D eigenvalue weighted by molar-refractivity contribution is 0.459. The summed E-state index contributed by atoms with van der Waals surface area (Å²) in [7, 11) is 0. The summed E-state index contributed by atoms with van der Waals surface area (Å²) in [5.41, 5.74) is 6.58. The van der Waals surface area contributed by atoms with Crippen LogP contribution in [-0.2, 0) is 12.1 Å². The molecule has 1 heterocycles. The van der Waals surface area contributed by atoms with Gasteiger partial charge in [-0.2, -0.15) is 5.10 Å². The highest BCUT2D eigenvalue weighted by molar-refractivity contribution is 5.63. The molecule has 0 aliphatic heterocycles. The van der Waals surface area contributed by atoms with Crippen molar-refractivity contribution in [3.05, 3.63) is 150 Å². The Morgan fingerprint density at radius 1 is 0.615 bits per heavy atom. The van der Waals surface area contributed by atoms with Gasteiger partial charge < -0.3 is 5.32 Å². The van der Waals surface area contributed by atoms with Crippen molar-refractivity contribution in [3.63, 3.8) is 0 Å². The van der Waals surface area contributed by atoms with Crippen LogP contribution in [0.3, 0.4) is 0 Å². The Hall–Kier alpha value is -3.95. The second-order valence-corrected chi connectivity index (χ2v) is 10.7. The van der Waals surface area contributed by atoms with E-state index in [0.29, 0.717) is 6.04 Å². The van der Waals surface area contributed by atoms with Crippen LogP contribution in [-0.4, -0.2) is 15.8 Å². The molecule has 1 aliphatic carbocycles. The van der Waals surface area contributed by atoms with Crippen LogP contribution in [0.1, 0.15) is 60.8 Å². The minimum absolute atomic E-state index is 0.593.